The van der Waals surface area contributed by atoms with Crippen molar-refractivity contribution in [1.29, 1.82) is 0 Å². The van der Waals surface area contributed by atoms with E-state index in [2.05, 4.69) is 36.7 Å². The molecule has 0 aliphatic rings. The van der Waals surface area contributed by atoms with Crippen molar-refractivity contribution in [3.8, 4) is 17.1 Å². The zero-order chi connectivity index (χ0) is 23.2. The van der Waals surface area contributed by atoms with Crippen LogP contribution in [0, 0.1) is 13.8 Å². The second kappa shape index (κ2) is 10.6. The molecule has 1 aromatic heterocycles. The van der Waals surface area contributed by atoms with Crippen LogP contribution in [0.1, 0.15) is 16.7 Å². The van der Waals surface area contributed by atoms with E-state index < -0.39 is 0 Å². The number of aryl methyl sites for hydroxylation is 2. The maximum atomic E-state index is 12.4. The maximum Gasteiger partial charge on any atom is 0.250 e. The second-order valence-electron chi connectivity index (χ2n) is 7.48. The minimum Gasteiger partial charge on any atom is -0.272 e. The first-order valence-electron chi connectivity index (χ1n) is 10.3. The van der Waals surface area contributed by atoms with Crippen molar-refractivity contribution >= 4 is 39.8 Å². The predicted molar refractivity (Wildman–Crippen MR) is 137 cm³/mol. The molecule has 3 aromatic carbocycles. The molecule has 0 fully saturated rings. The largest absolute Gasteiger partial charge is 0.272 e. The van der Waals surface area contributed by atoms with E-state index in [4.69, 9.17) is 0 Å². The summed E-state index contributed by atoms with van der Waals surface area (Å²) in [5, 5.41) is 13.5. The lowest BCUT2D eigenvalue weighted by atomic mass is 10.1. The van der Waals surface area contributed by atoms with E-state index in [-0.39, 0.29) is 11.7 Å². The van der Waals surface area contributed by atoms with Gasteiger partial charge in [0.05, 0.1) is 12.0 Å². The summed E-state index contributed by atoms with van der Waals surface area (Å²) in [4.78, 5) is 12.4. The highest BCUT2D eigenvalue weighted by atomic mass is 79.9. The van der Waals surface area contributed by atoms with Gasteiger partial charge in [0.15, 0.2) is 11.0 Å². The lowest BCUT2D eigenvalue weighted by Gasteiger charge is -2.11. The van der Waals surface area contributed by atoms with E-state index in [1.165, 1.54) is 22.9 Å². The molecule has 6 nitrogen and oxygen atoms in total. The summed E-state index contributed by atoms with van der Waals surface area (Å²) in [6, 6.07) is 24.0. The third-order valence-electron chi connectivity index (χ3n) is 4.84. The van der Waals surface area contributed by atoms with Crippen molar-refractivity contribution in [2.45, 2.75) is 19.0 Å². The lowest BCUT2D eigenvalue weighted by molar-refractivity contribution is -0.118. The molecule has 0 unspecified atom stereocenters. The van der Waals surface area contributed by atoms with E-state index in [9.17, 15) is 4.79 Å². The first-order chi connectivity index (χ1) is 16.0. The molecular weight excluding hydrogens is 498 g/mol. The molecule has 8 heteroatoms. The van der Waals surface area contributed by atoms with Crippen molar-refractivity contribution in [3.63, 3.8) is 0 Å². The Morgan fingerprint density at radius 1 is 0.970 bits per heavy atom. The van der Waals surface area contributed by atoms with Crippen LogP contribution >= 0.6 is 27.7 Å². The first-order valence-corrected chi connectivity index (χ1v) is 12.1. The molecular formula is C25H22BrN5OS. The average molecular weight is 520 g/mol. The van der Waals surface area contributed by atoms with Crippen molar-refractivity contribution < 1.29 is 4.79 Å². The zero-order valence-corrected chi connectivity index (χ0v) is 20.6. The van der Waals surface area contributed by atoms with E-state index in [1.54, 1.807) is 6.21 Å². The number of rotatable bonds is 7. The van der Waals surface area contributed by atoms with Gasteiger partial charge in [0.2, 0.25) is 0 Å². The quantitative estimate of drug-likeness (QED) is 0.197. The fourth-order valence-corrected chi connectivity index (χ4v) is 4.08. The number of hydrogen-bond acceptors (Lipinski definition) is 5. The summed E-state index contributed by atoms with van der Waals surface area (Å²) in [6.45, 7) is 4.10. The lowest BCUT2D eigenvalue weighted by Crippen LogP contribution is -2.20. The Morgan fingerprint density at radius 3 is 2.27 bits per heavy atom. The highest BCUT2D eigenvalue weighted by Crippen LogP contribution is 2.28. The van der Waals surface area contributed by atoms with Crippen LogP contribution in [-0.2, 0) is 4.79 Å². The first kappa shape index (κ1) is 22.9. The van der Waals surface area contributed by atoms with Crippen LogP contribution in [-0.4, -0.2) is 32.6 Å². The topological polar surface area (TPSA) is 72.2 Å². The summed E-state index contributed by atoms with van der Waals surface area (Å²) >= 11 is 4.71. The van der Waals surface area contributed by atoms with Gasteiger partial charge in [-0.05, 0) is 43.7 Å². The number of benzene rings is 3. The Bertz CT molecular complexity index is 1270. The molecule has 0 aliphatic carbocycles. The number of halogens is 1. The second-order valence-corrected chi connectivity index (χ2v) is 9.33. The SMILES string of the molecule is Cc1ccc(-c2nnc(SCC(=O)N/N=C\c3ccc(Br)cc3)n2-c2ccc(C)cc2)cc1. The summed E-state index contributed by atoms with van der Waals surface area (Å²) in [7, 11) is 0. The standard InChI is InChI=1S/C25H22BrN5OS/c1-17-3-9-20(10-4-17)24-29-30-25(31(24)22-13-5-18(2)6-14-22)33-16-23(32)28-27-15-19-7-11-21(26)12-8-19/h3-15H,16H2,1-2H3,(H,28,32)/b27-15-. The van der Waals surface area contributed by atoms with Crippen LogP contribution in [0.5, 0.6) is 0 Å². The fourth-order valence-electron chi connectivity index (χ4n) is 3.07. The summed E-state index contributed by atoms with van der Waals surface area (Å²) in [5.74, 6) is 0.675. The average Bonchev–Trinajstić information content (AvgIpc) is 3.24. The fraction of sp³-hybridized carbons (Fsp3) is 0.120. The van der Waals surface area contributed by atoms with E-state index >= 15 is 0 Å². The molecule has 0 aliphatic heterocycles. The van der Waals surface area contributed by atoms with Gasteiger partial charge in [-0.25, -0.2) is 5.43 Å². The number of carbonyl (C=O) groups excluding carboxylic acids is 1. The van der Waals surface area contributed by atoms with Gasteiger partial charge in [0.1, 0.15) is 0 Å². The van der Waals surface area contributed by atoms with Gasteiger partial charge >= 0.3 is 0 Å². The van der Waals surface area contributed by atoms with Gasteiger partial charge in [-0.2, -0.15) is 5.10 Å². The maximum absolute atomic E-state index is 12.4. The molecule has 4 aromatic rings. The molecule has 0 radical (unpaired) electrons. The summed E-state index contributed by atoms with van der Waals surface area (Å²) in [6.07, 6.45) is 1.61. The van der Waals surface area contributed by atoms with Crippen LogP contribution in [0.2, 0.25) is 0 Å². The third kappa shape index (κ3) is 5.97. The molecule has 0 atom stereocenters. The number of aromatic nitrogens is 3. The van der Waals surface area contributed by atoms with E-state index in [0.717, 1.165) is 27.1 Å². The molecule has 0 bridgehead atoms. The Hall–Kier alpha value is -3.23. The Morgan fingerprint density at radius 2 is 1.61 bits per heavy atom. The van der Waals surface area contributed by atoms with Gasteiger partial charge in [-0.15, -0.1) is 10.2 Å². The van der Waals surface area contributed by atoms with Crippen LogP contribution in [0.15, 0.2) is 87.5 Å². The monoisotopic (exact) mass is 519 g/mol. The molecule has 0 saturated heterocycles. The number of thioether (sulfide) groups is 1. The van der Waals surface area contributed by atoms with E-state index in [1.807, 2.05) is 91.2 Å². The molecule has 1 heterocycles. The van der Waals surface area contributed by atoms with Gasteiger partial charge in [0.25, 0.3) is 5.91 Å². The summed E-state index contributed by atoms with van der Waals surface area (Å²) < 4.78 is 2.97. The van der Waals surface area contributed by atoms with Gasteiger partial charge < -0.3 is 0 Å². The van der Waals surface area contributed by atoms with Gasteiger partial charge in [-0.1, -0.05) is 87.3 Å². The van der Waals surface area contributed by atoms with Crippen molar-refractivity contribution in [3.05, 3.63) is 94.0 Å². The third-order valence-corrected chi connectivity index (χ3v) is 6.30. The van der Waals surface area contributed by atoms with Crippen LogP contribution in [0.4, 0.5) is 0 Å². The Kier molecular flexibility index (Phi) is 7.36. The minimum absolute atomic E-state index is 0.162. The van der Waals surface area contributed by atoms with E-state index in [0.29, 0.717) is 5.16 Å². The molecule has 4 rings (SSSR count). The van der Waals surface area contributed by atoms with Crippen LogP contribution in [0.3, 0.4) is 0 Å². The minimum atomic E-state index is -0.219. The van der Waals surface area contributed by atoms with Crippen LogP contribution < -0.4 is 5.43 Å². The predicted octanol–water partition coefficient (Wildman–Crippen LogP) is 5.56. The van der Waals surface area contributed by atoms with Crippen LogP contribution in [0.25, 0.3) is 17.1 Å². The molecule has 0 saturated carbocycles. The molecule has 0 spiro atoms. The Labute approximate surface area is 205 Å². The molecule has 1 N–H and O–H groups in total. The molecule has 33 heavy (non-hydrogen) atoms. The molecule has 1 amide bonds. The highest BCUT2D eigenvalue weighted by Gasteiger charge is 2.17. The summed E-state index contributed by atoms with van der Waals surface area (Å²) in [5.41, 5.74) is 7.71. The normalized spacial score (nSPS) is 11.1. The number of nitrogens with one attached hydrogen (secondary N) is 1. The Balaban J connectivity index is 1.51. The smallest absolute Gasteiger partial charge is 0.250 e. The molecule has 166 valence electrons. The number of amides is 1. The van der Waals surface area contributed by atoms with Crippen molar-refractivity contribution in [2.24, 2.45) is 5.10 Å². The number of nitrogens with zero attached hydrogens (tertiary/aromatic N) is 4. The van der Waals surface area contributed by atoms with Crippen molar-refractivity contribution in [1.82, 2.24) is 20.2 Å². The zero-order valence-electron chi connectivity index (χ0n) is 18.2. The van der Waals surface area contributed by atoms with Gasteiger partial charge in [-0.3, -0.25) is 9.36 Å². The van der Waals surface area contributed by atoms with Crippen molar-refractivity contribution in [2.75, 3.05) is 5.75 Å². The number of hydrogen-bond donors (Lipinski definition) is 1. The number of carbonyl (C=O) groups is 1. The van der Waals surface area contributed by atoms with Gasteiger partial charge in [0, 0.05) is 15.7 Å². The number of hydrazone groups is 1. The highest BCUT2D eigenvalue weighted by molar-refractivity contribution is 9.10.